The maximum absolute atomic E-state index is 10.2. The summed E-state index contributed by atoms with van der Waals surface area (Å²) in [5.41, 5.74) is 10.3. The van der Waals surface area contributed by atoms with Crippen molar-refractivity contribution in [3.63, 3.8) is 0 Å². The van der Waals surface area contributed by atoms with Crippen LogP contribution in [-0.4, -0.2) is 32.5 Å². The molecule has 0 unspecified atom stereocenters. The highest BCUT2D eigenvalue weighted by Crippen LogP contribution is 2.41. The van der Waals surface area contributed by atoms with E-state index in [0.717, 1.165) is 32.4 Å². The van der Waals surface area contributed by atoms with Gasteiger partial charge in [0.05, 0.1) is 0 Å². The molecular formula is C9H23N3O3P+. The number of nitrogens with two attached hydrogens (primary N) is 2. The molecule has 1 aliphatic heterocycles. The minimum atomic E-state index is -1.72. The molecule has 0 atom stereocenters. The molecule has 0 aliphatic carbocycles. The molecule has 5 N–H and O–H groups in total. The monoisotopic (exact) mass is 252 g/mol. The molecule has 6 nitrogen and oxygen atoms in total. The van der Waals surface area contributed by atoms with E-state index < -0.39 is 8.25 Å². The lowest BCUT2D eigenvalue weighted by Gasteiger charge is -2.09. The van der Waals surface area contributed by atoms with E-state index in [1.54, 1.807) is 0 Å². The molecule has 0 spiro atoms. The van der Waals surface area contributed by atoms with E-state index in [0.29, 0.717) is 13.1 Å². The van der Waals surface area contributed by atoms with E-state index in [1.807, 2.05) is 0 Å². The lowest BCUT2D eigenvalue weighted by atomic mass is 10.2. The van der Waals surface area contributed by atoms with Crippen LogP contribution in [0.1, 0.15) is 26.2 Å². The second-order valence-corrected chi connectivity index (χ2v) is 4.20. The van der Waals surface area contributed by atoms with E-state index in [2.05, 4.69) is 12.2 Å². The molecule has 0 aromatic carbocycles. The maximum Gasteiger partial charge on any atom is 0.703 e. The number of hydrogen-bond acceptors (Lipinski definition) is 6. The molecule has 0 bridgehead atoms. The van der Waals surface area contributed by atoms with Crippen molar-refractivity contribution >= 4 is 8.25 Å². The zero-order valence-corrected chi connectivity index (χ0v) is 10.7. The molecule has 1 heterocycles. The molecule has 16 heavy (non-hydrogen) atoms. The molecule has 0 aromatic rings. The second kappa shape index (κ2) is 11.4. The van der Waals surface area contributed by atoms with Crippen LogP contribution in [0.4, 0.5) is 0 Å². The van der Waals surface area contributed by atoms with Crippen LogP contribution in [0.2, 0.25) is 0 Å². The number of nitrogens with one attached hydrogen (secondary N) is 1. The van der Waals surface area contributed by atoms with Gasteiger partial charge in [0.1, 0.15) is 0 Å². The average molecular weight is 252 g/mol. The van der Waals surface area contributed by atoms with Gasteiger partial charge in [-0.1, -0.05) is 22.4 Å². The molecule has 1 saturated heterocycles. The standard InChI is InChI=1S/C5H10O3P.C4H13N3/c1-2-3-4-5-7-9(6)8-5;5-1-3-7-4-2-6/h5H,2-4H2,1H3;7H,1-6H2/q+1;. The van der Waals surface area contributed by atoms with Crippen LogP contribution >= 0.6 is 8.25 Å². The summed E-state index contributed by atoms with van der Waals surface area (Å²) >= 11 is 0. The molecular weight excluding hydrogens is 229 g/mol. The van der Waals surface area contributed by atoms with Crippen LogP contribution in [0.15, 0.2) is 0 Å². The summed E-state index contributed by atoms with van der Waals surface area (Å²) in [6, 6.07) is 0. The number of rotatable bonds is 7. The first-order chi connectivity index (χ1) is 7.74. The van der Waals surface area contributed by atoms with Gasteiger partial charge >= 0.3 is 8.25 Å². The van der Waals surface area contributed by atoms with Crippen molar-refractivity contribution in [2.45, 2.75) is 32.5 Å². The van der Waals surface area contributed by atoms with E-state index in [-0.39, 0.29) is 6.29 Å². The van der Waals surface area contributed by atoms with Gasteiger partial charge in [-0.15, -0.1) is 0 Å². The van der Waals surface area contributed by atoms with Crippen molar-refractivity contribution in [1.82, 2.24) is 5.32 Å². The molecule has 7 heteroatoms. The Morgan fingerprint density at radius 3 is 2.19 bits per heavy atom. The van der Waals surface area contributed by atoms with Crippen LogP contribution in [0.5, 0.6) is 0 Å². The molecule has 1 fully saturated rings. The van der Waals surface area contributed by atoms with Crippen molar-refractivity contribution < 1.29 is 13.6 Å². The van der Waals surface area contributed by atoms with Crippen molar-refractivity contribution in [3.05, 3.63) is 0 Å². The third-order valence-corrected chi connectivity index (χ3v) is 2.66. The Kier molecular flexibility index (Phi) is 11.3. The van der Waals surface area contributed by atoms with E-state index >= 15 is 0 Å². The van der Waals surface area contributed by atoms with Gasteiger partial charge in [0.15, 0.2) is 0 Å². The topological polar surface area (TPSA) is 99.6 Å². The highest BCUT2D eigenvalue weighted by molar-refractivity contribution is 7.34. The lowest BCUT2D eigenvalue weighted by molar-refractivity contribution is -0.0821. The Morgan fingerprint density at radius 2 is 1.81 bits per heavy atom. The van der Waals surface area contributed by atoms with Gasteiger partial charge in [0, 0.05) is 37.2 Å². The van der Waals surface area contributed by atoms with Crippen molar-refractivity contribution in [2.24, 2.45) is 11.5 Å². The molecule has 1 aliphatic rings. The van der Waals surface area contributed by atoms with E-state index in [1.165, 1.54) is 0 Å². The molecule has 0 saturated carbocycles. The zero-order chi connectivity index (χ0) is 12.2. The average Bonchev–Trinajstić information content (AvgIpc) is 2.25. The van der Waals surface area contributed by atoms with Crippen molar-refractivity contribution in [1.29, 1.82) is 0 Å². The molecule has 0 amide bonds. The van der Waals surface area contributed by atoms with Gasteiger partial charge < -0.3 is 16.8 Å². The van der Waals surface area contributed by atoms with Gasteiger partial charge in [-0.2, -0.15) is 0 Å². The molecule has 0 radical (unpaired) electrons. The lowest BCUT2D eigenvalue weighted by Crippen LogP contribution is -2.27. The van der Waals surface area contributed by atoms with E-state index in [9.17, 15) is 4.57 Å². The maximum atomic E-state index is 10.2. The molecule has 96 valence electrons. The van der Waals surface area contributed by atoms with Gasteiger partial charge in [-0.3, -0.25) is 0 Å². The number of hydrogen-bond donors (Lipinski definition) is 3. The van der Waals surface area contributed by atoms with Crippen LogP contribution in [-0.2, 0) is 13.6 Å². The predicted molar refractivity (Wildman–Crippen MR) is 64.1 cm³/mol. The Bertz CT molecular complexity index is 171. The van der Waals surface area contributed by atoms with Crippen molar-refractivity contribution in [2.75, 3.05) is 26.2 Å². The van der Waals surface area contributed by atoms with E-state index in [4.69, 9.17) is 20.5 Å². The predicted octanol–water partition coefficient (Wildman–Crippen LogP) is 0.700. The Balaban J connectivity index is 0.000000293. The second-order valence-electron chi connectivity index (χ2n) is 3.33. The normalized spacial score (nSPS) is 20.9. The fourth-order valence-electron chi connectivity index (χ4n) is 1.01. The first kappa shape index (κ1) is 15.9. The Morgan fingerprint density at radius 1 is 1.25 bits per heavy atom. The summed E-state index contributed by atoms with van der Waals surface area (Å²) in [7, 11) is -1.72. The minimum Gasteiger partial charge on any atom is -0.329 e. The molecule has 1 rings (SSSR count). The summed E-state index contributed by atoms with van der Waals surface area (Å²) in [6.07, 6.45) is 2.90. The van der Waals surface area contributed by atoms with Crippen LogP contribution in [0, 0.1) is 0 Å². The summed E-state index contributed by atoms with van der Waals surface area (Å²) in [6.45, 7) is 5.23. The third kappa shape index (κ3) is 9.15. The first-order valence-electron chi connectivity index (χ1n) is 5.66. The Hall–Kier alpha value is -0.100. The minimum absolute atomic E-state index is 0.173. The SMILES string of the molecule is CCCCC1O[P+](=O)O1.NCCNCCN. The summed E-state index contributed by atoms with van der Waals surface area (Å²) in [4.78, 5) is 0. The van der Waals surface area contributed by atoms with Crippen molar-refractivity contribution in [3.8, 4) is 0 Å². The van der Waals surface area contributed by atoms with Gasteiger partial charge in [0.25, 0.3) is 6.29 Å². The van der Waals surface area contributed by atoms with Crippen LogP contribution in [0.3, 0.4) is 0 Å². The Labute approximate surface area is 98.0 Å². The van der Waals surface area contributed by atoms with Crippen LogP contribution < -0.4 is 16.8 Å². The smallest absolute Gasteiger partial charge is 0.329 e. The third-order valence-electron chi connectivity index (χ3n) is 1.84. The number of unbranched alkanes of at least 4 members (excludes halogenated alkanes) is 1. The van der Waals surface area contributed by atoms with Gasteiger partial charge in [-0.05, 0) is 6.42 Å². The van der Waals surface area contributed by atoms with Gasteiger partial charge in [0.2, 0.25) is 0 Å². The summed E-state index contributed by atoms with van der Waals surface area (Å²) in [5, 5.41) is 3.03. The largest absolute Gasteiger partial charge is 0.703 e. The quantitative estimate of drug-likeness (QED) is 0.455. The first-order valence-corrected chi connectivity index (χ1v) is 6.75. The highest BCUT2D eigenvalue weighted by Gasteiger charge is 2.44. The summed E-state index contributed by atoms with van der Waals surface area (Å²) < 4.78 is 19.6. The molecule has 0 aromatic heterocycles. The summed E-state index contributed by atoms with van der Waals surface area (Å²) in [5.74, 6) is 0. The fraction of sp³-hybridized carbons (Fsp3) is 1.00. The fourth-order valence-corrected chi connectivity index (χ4v) is 1.62. The zero-order valence-electron chi connectivity index (χ0n) is 9.85. The highest BCUT2D eigenvalue weighted by atomic mass is 31.1. The van der Waals surface area contributed by atoms with Crippen LogP contribution in [0.25, 0.3) is 0 Å². The van der Waals surface area contributed by atoms with Gasteiger partial charge in [-0.25, -0.2) is 0 Å².